The number of ether oxygens (including phenoxy) is 1. The largest absolute Gasteiger partial charge is 0.356 e. The first-order valence-corrected chi connectivity index (χ1v) is 7.87. The maximum atomic E-state index is 12.7. The smallest absolute Gasteiger partial charge is 0.254 e. The van der Waals surface area contributed by atoms with Gasteiger partial charge in [0.1, 0.15) is 6.61 Å². The Morgan fingerprint density at radius 2 is 2.14 bits per heavy atom. The zero-order valence-electron chi connectivity index (χ0n) is 12.4. The highest BCUT2D eigenvalue weighted by Gasteiger charge is 2.48. The highest BCUT2D eigenvalue weighted by molar-refractivity contribution is 5.87. The van der Waals surface area contributed by atoms with Gasteiger partial charge in [0.25, 0.3) is 5.91 Å². The van der Waals surface area contributed by atoms with Crippen LogP contribution in [0.4, 0.5) is 0 Å². The highest BCUT2D eigenvalue weighted by Crippen LogP contribution is 2.40. The van der Waals surface area contributed by atoms with Crippen molar-refractivity contribution in [2.24, 2.45) is 0 Å². The molecule has 0 N–H and O–H groups in total. The fourth-order valence-corrected chi connectivity index (χ4v) is 3.22. The van der Waals surface area contributed by atoms with Crippen molar-refractivity contribution >= 4 is 11.8 Å². The molecule has 2 aliphatic heterocycles. The average Bonchev–Trinajstić information content (AvgIpc) is 3.30. The van der Waals surface area contributed by atoms with Crippen LogP contribution in [0.15, 0.2) is 24.5 Å². The minimum Gasteiger partial charge on any atom is -0.356 e. The van der Waals surface area contributed by atoms with Crippen molar-refractivity contribution in [2.75, 3.05) is 19.7 Å². The molecule has 1 aromatic rings. The van der Waals surface area contributed by atoms with Crippen LogP contribution in [-0.2, 0) is 14.3 Å². The van der Waals surface area contributed by atoms with Crippen molar-refractivity contribution in [1.29, 1.82) is 0 Å². The Morgan fingerprint density at radius 3 is 2.73 bits per heavy atom. The first-order valence-electron chi connectivity index (χ1n) is 7.87. The SMILES string of the molecule is O=C([C@H]1OCC(=O)N(C2CC2)[C@@H]1c1cccnc1)N1CCC1. The van der Waals surface area contributed by atoms with E-state index >= 15 is 0 Å². The molecule has 4 rings (SSSR count). The molecule has 1 aliphatic carbocycles. The van der Waals surface area contributed by atoms with E-state index < -0.39 is 6.10 Å². The Balaban J connectivity index is 1.69. The molecule has 2 atom stereocenters. The number of nitrogens with zero attached hydrogens (tertiary/aromatic N) is 3. The van der Waals surface area contributed by atoms with Gasteiger partial charge in [0.15, 0.2) is 6.10 Å². The summed E-state index contributed by atoms with van der Waals surface area (Å²) in [4.78, 5) is 32.9. The van der Waals surface area contributed by atoms with Crippen LogP contribution in [0.25, 0.3) is 0 Å². The number of likely N-dealkylation sites (tertiary alicyclic amines) is 1. The van der Waals surface area contributed by atoms with Crippen LogP contribution in [0.1, 0.15) is 30.9 Å². The third-order valence-corrected chi connectivity index (χ3v) is 4.64. The minimum absolute atomic E-state index is 0.00162. The Kier molecular flexibility index (Phi) is 3.33. The second-order valence-electron chi connectivity index (χ2n) is 6.17. The third kappa shape index (κ3) is 2.27. The molecule has 22 heavy (non-hydrogen) atoms. The van der Waals surface area contributed by atoms with E-state index in [1.807, 2.05) is 21.9 Å². The summed E-state index contributed by atoms with van der Waals surface area (Å²) in [5.41, 5.74) is 0.876. The van der Waals surface area contributed by atoms with E-state index in [-0.39, 0.29) is 30.5 Å². The number of hydrogen-bond acceptors (Lipinski definition) is 4. The van der Waals surface area contributed by atoms with Gasteiger partial charge < -0.3 is 14.5 Å². The number of carbonyl (C=O) groups is 2. The van der Waals surface area contributed by atoms with Gasteiger partial charge >= 0.3 is 0 Å². The van der Waals surface area contributed by atoms with Crippen LogP contribution >= 0.6 is 0 Å². The molecule has 3 fully saturated rings. The minimum atomic E-state index is -0.609. The van der Waals surface area contributed by atoms with Crippen molar-refractivity contribution in [3.8, 4) is 0 Å². The number of hydrogen-bond donors (Lipinski definition) is 0. The zero-order valence-corrected chi connectivity index (χ0v) is 12.4. The van der Waals surface area contributed by atoms with Gasteiger partial charge in [0, 0.05) is 31.5 Å². The Labute approximate surface area is 129 Å². The maximum Gasteiger partial charge on any atom is 0.254 e. The highest BCUT2D eigenvalue weighted by atomic mass is 16.5. The van der Waals surface area contributed by atoms with E-state index in [2.05, 4.69) is 4.98 Å². The van der Waals surface area contributed by atoms with E-state index in [0.717, 1.165) is 37.9 Å². The molecule has 0 bridgehead atoms. The Hall–Kier alpha value is -1.95. The molecule has 1 aromatic heterocycles. The zero-order chi connectivity index (χ0) is 15.1. The molecule has 6 nitrogen and oxygen atoms in total. The molecule has 2 saturated heterocycles. The van der Waals surface area contributed by atoms with Crippen molar-refractivity contribution in [2.45, 2.75) is 37.5 Å². The summed E-state index contributed by atoms with van der Waals surface area (Å²) in [7, 11) is 0. The Morgan fingerprint density at radius 1 is 1.32 bits per heavy atom. The molecule has 1 saturated carbocycles. The lowest BCUT2D eigenvalue weighted by Gasteiger charge is -2.43. The van der Waals surface area contributed by atoms with Crippen molar-refractivity contribution in [3.63, 3.8) is 0 Å². The summed E-state index contributed by atoms with van der Waals surface area (Å²) in [6, 6.07) is 3.65. The van der Waals surface area contributed by atoms with Crippen LogP contribution in [-0.4, -0.2) is 58.4 Å². The second kappa shape index (κ2) is 5.35. The van der Waals surface area contributed by atoms with Gasteiger partial charge in [-0.15, -0.1) is 0 Å². The molecule has 0 aromatic carbocycles. The summed E-state index contributed by atoms with van der Waals surface area (Å²) in [5.74, 6) is -0.0257. The standard InChI is InChI=1S/C16H19N3O3/c20-13-10-22-15(16(21)18-7-2-8-18)14(19(13)12-4-5-12)11-3-1-6-17-9-11/h1,3,6,9,12,14-15H,2,4-5,7-8,10H2/t14-,15+/m1/s1. The predicted octanol–water partition coefficient (Wildman–Crippen LogP) is 0.745. The topological polar surface area (TPSA) is 62.7 Å². The molecule has 2 amide bonds. The number of pyridine rings is 1. The van der Waals surface area contributed by atoms with E-state index in [1.54, 1.807) is 12.4 Å². The maximum absolute atomic E-state index is 12.7. The van der Waals surface area contributed by atoms with E-state index in [1.165, 1.54) is 0 Å². The van der Waals surface area contributed by atoms with Crippen LogP contribution in [0, 0.1) is 0 Å². The molecule has 0 unspecified atom stereocenters. The van der Waals surface area contributed by atoms with Gasteiger partial charge in [0.05, 0.1) is 6.04 Å². The summed E-state index contributed by atoms with van der Waals surface area (Å²) in [6.45, 7) is 1.57. The number of amides is 2. The van der Waals surface area contributed by atoms with E-state index in [9.17, 15) is 9.59 Å². The molecular weight excluding hydrogens is 282 g/mol. The van der Waals surface area contributed by atoms with Gasteiger partial charge in [-0.2, -0.15) is 0 Å². The molecule has 3 aliphatic rings. The van der Waals surface area contributed by atoms with Gasteiger partial charge in [-0.05, 0) is 30.9 Å². The molecular formula is C16H19N3O3. The van der Waals surface area contributed by atoms with Crippen LogP contribution in [0.3, 0.4) is 0 Å². The number of carbonyl (C=O) groups excluding carboxylic acids is 2. The average molecular weight is 301 g/mol. The number of aromatic nitrogens is 1. The number of rotatable bonds is 3. The van der Waals surface area contributed by atoms with Crippen LogP contribution < -0.4 is 0 Å². The lowest BCUT2D eigenvalue weighted by atomic mass is 9.97. The molecule has 0 radical (unpaired) electrons. The first kappa shape index (κ1) is 13.7. The number of morpholine rings is 1. The monoisotopic (exact) mass is 301 g/mol. The van der Waals surface area contributed by atoms with E-state index in [0.29, 0.717) is 0 Å². The van der Waals surface area contributed by atoms with Crippen molar-refractivity contribution in [3.05, 3.63) is 30.1 Å². The quantitative estimate of drug-likeness (QED) is 0.826. The third-order valence-electron chi connectivity index (χ3n) is 4.64. The lowest BCUT2D eigenvalue weighted by Crippen LogP contribution is -2.57. The normalized spacial score (nSPS) is 28.5. The summed E-state index contributed by atoms with van der Waals surface area (Å²) < 4.78 is 5.67. The Bertz CT molecular complexity index is 584. The fraction of sp³-hybridized carbons (Fsp3) is 0.562. The lowest BCUT2D eigenvalue weighted by molar-refractivity contribution is -0.172. The summed E-state index contributed by atoms with van der Waals surface area (Å²) in [6.07, 6.45) is 5.88. The van der Waals surface area contributed by atoms with Crippen molar-refractivity contribution in [1.82, 2.24) is 14.8 Å². The molecule has 0 spiro atoms. The van der Waals surface area contributed by atoms with Gasteiger partial charge in [-0.3, -0.25) is 14.6 Å². The predicted molar refractivity (Wildman–Crippen MR) is 77.8 cm³/mol. The molecule has 116 valence electrons. The summed E-state index contributed by atoms with van der Waals surface area (Å²) >= 11 is 0. The van der Waals surface area contributed by atoms with Crippen LogP contribution in [0.5, 0.6) is 0 Å². The first-order chi connectivity index (χ1) is 10.8. The summed E-state index contributed by atoms with van der Waals surface area (Å²) in [5, 5.41) is 0. The van der Waals surface area contributed by atoms with E-state index in [4.69, 9.17) is 4.74 Å². The van der Waals surface area contributed by atoms with Gasteiger partial charge in [-0.25, -0.2) is 0 Å². The second-order valence-corrected chi connectivity index (χ2v) is 6.17. The van der Waals surface area contributed by atoms with Crippen molar-refractivity contribution < 1.29 is 14.3 Å². The fourth-order valence-electron chi connectivity index (χ4n) is 3.22. The molecule has 3 heterocycles. The van der Waals surface area contributed by atoms with Gasteiger partial charge in [-0.1, -0.05) is 6.07 Å². The van der Waals surface area contributed by atoms with Gasteiger partial charge in [0.2, 0.25) is 5.91 Å². The van der Waals surface area contributed by atoms with Crippen LogP contribution in [0.2, 0.25) is 0 Å². The molecule has 6 heteroatoms.